The normalized spacial score (nSPS) is 18.3. The van der Waals surface area contributed by atoms with Gasteiger partial charge in [0.15, 0.2) is 11.0 Å². The van der Waals surface area contributed by atoms with Crippen molar-refractivity contribution in [2.24, 2.45) is 5.92 Å². The van der Waals surface area contributed by atoms with Crippen LogP contribution >= 0.6 is 11.6 Å². The lowest BCUT2D eigenvalue weighted by Gasteiger charge is -2.32. The fourth-order valence-electron chi connectivity index (χ4n) is 2.62. The number of nitrogens with one attached hydrogen (secondary N) is 1. The van der Waals surface area contributed by atoms with Gasteiger partial charge in [0.2, 0.25) is 5.91 Å². The topological polar surface area (TPSA) is 67.3 Å². The molecule has 0 aliphatic carbocycles. The Bertz CT molecular complexity index is 495. The molecule has 1 fully saturated rings. The molecule has 1 aromatic rings. The van der Waals surface area contributed by atoms with Gasteiger partial charge < -0.3 is 15.0 Å². The van der Waals surface area contributed by atoms with Crippen molar-refractivity contribution in [2.75, 3.05) is 31.1 Å². The number of hydrogen-bond acceptors (Lipinski definition) is 5. The quantitative estimate of drug-likeness (QED) is 0.771. The number of anilines is 1. The standard InChI is InChI=1S/C16H25ClN4O2/c1-12(2)23-10-4-8-18-16(22)13-5-3-9-21(11-13)15-7-6-14(17)19-20-15/h6-7,12-13H,3-5,8-11H2,1-2H3,(H,18,22). The van der Waals surface area contributed by atoms with E-state index in [0.717, 1.165) is 31.6 Å². The molecule has 1 aromatic heterocycles. The Morgan fingerprint density at radius 2 is 2.30 bits per heavy atom. The van der Waals surface area contributed by atoms with E-state index >= 15 is 0 Å². The molecule has 0 radical (unpaired) electrons. The van der Waals surface area contributed by atoms with Gasteiger partial charge in [-0.2, -0.15) is 0 Å². The van der Waals surface area contributed by atoms with Crippen molar-refractivity contribution in [3.63, 3.8) is 0 Å². The number of hydrogen-bond donors (Lipinski definition) is 1. The highest BCUT2D eigenvalue weighted by atomic mass is 35.5. The highest BCUT2D eigenvalue weighted by Gasteiger charge is 2.26. The number of piperidine rings is 1. The molecule has 1 unspecified atom stereocenters. The van der Waals surface area contributed by atoms with Crippen LogP contribution in [-0.2, 0) is 9.53 Å². The molecule has 1 atom stereocenters. The van der Waals surface area contributed by atoms with Crippen LogP contribution in [0.4, 0.5) is 5.82 Å². The zero-order valence-corrected chi connectivity index (χ0v) is 14.6. The Balaban J connectivity index is 1.76. The molecule has 1 saturated heterocycles. The number of carbonyl (C=O) groups is 1. The van der Waals surface area contributed by atoms with Crippen LogP contribution < -0.4 is 10.2 Å². The number of rotatable bonds is 7. The molecule has 0 spiro atoms. The SMILES string of the molecule is CC(C)OCCCNC(=O)C1CCCN(c2ccc(Cl)nn2)C1. The van der Waals surface area contributed by atoms with Crippen molar-refractivity contribution in [2.45, 2.75) is 39.2 Å². The molecule has 128 valence electrons. The van der Waals surface area contributed by atoms with Gasteiger partial charge in [0, 0.05) is 26.2 Å². The number of halogens is 1. The first-order valence-electron chi connectivity index (χ1n) is 8.19. The Morgan fingerprint density at radius 1 is 1.48 bits per heavy atom. The van der Waals surface area contributed by atoms with Gasteiger partial charge in [-0.3, -0.25) is 4.79 Å². The molecule has 1 N–H and O–H groups in total. The highest BCUT2D eigenvalue weighted by Crippen LogP contribution is 2.21. The van der Waals surface area contributed by atoms with E-state index < -0.39 is 0 Å². The average Bonchev–Trinajstić information content (AvgIpc) is 2.55. The van der Waals surface area contributed by atoms with Crippen molar-refractivity contribution in [3.05, 3.63) is 17.3 Å². The van der Waals surface area contributed by atoms with Gasteiger partial charge in [-0.05, 0) is 45.2 Å². The second-order valence-corrected chi connectivity index (χ2v) is 6.45. The van der Waals surface area contributed by atoms with E-state index in [9.17, 15) is 4.79 Å². The second kappa shape index (κ2) is 9.03. The zero-order valence-electron chi connectivity index (χ0n) is 13.8. The summed E-state index contributed by atoms with van der Waals surface area (Å²) in [6, 6.07) is 3.57. The van der Waals surface area contributed by atoms with Gasteiger partial charge in [0.1, 0.15) is 0 Å². The van der Waals surface area contributed by atoms with E-state index in [2.05, 4.69) is 20.4 Å². The van der Waals surface area contributed by atoms with Crippen molar-refractivity contribution in [1.29, 1.82) is 0 Å². The van der Waals surface area contributed by atoms with Crippen LogP contribution in [0.1, 0.15) is 33.1 Å². The van der Waals surface area contributed by atoms with Crippen LogP contribution in [-0.4, -0.2) is 48.4 Å². The smallest absolute Gasteiger partial charge is 0.224 e. The number of ether oxygens (including phenoxy) is 1. The zero-order chi connectivity index (χ0) is 16.7. The third kappa shape index (κ3) is 5.95. The Labute approximate surface area is 142 Å². The molecular formula is C16H25ClN4O2. The van der Waals surface area contributed by atoms with E-state index in [1.165, 1.54) is 0 Å². The number of carbonyl (C=O) groups excluding carboxylic acids is 1. The van der Waals surface area contributed by atoms with E-state index in [1.807, 2.05) is 19.9 Å². The number of nitrogens with zero attached hydrogens (tertiary/aromatic N) is 3. The minimum absolute atomic E-state index is 0.00718. The summed E-state index contributed by atoms with van der Waals surface area (Å²) in [6.45, 7) is 6.91. The maximum Gasteiger partial charge on any atom is 0.224 e. The molecular weight excluding hydrogens is 316 g/mol. The maximum absolute atomic E-state index is 12.3. The molecule has 1 aliphatic heterocycles. The lowest BCUT2D eigenvalue weighted by Crippen LogP contribution is -2.43. The van der Waals surface area contributed by atoms with Crippen molar-refractivity contribution >= 4 is 23.3 Å². The van der Waals surface area contributed by atoms with Crippen LogP contribution in [0.15, 0.2) is 12.1 Å². The number of aromatic nitrogens is 2. The molecule has 0 aromatic carbocycles. The van der Waals surface area contributed by atoms with Gasteiger partial charge in [-0.15, -0.1) is 10.2 Å². The minimum Gasteiger partial charge on any atom is -0.379 e. The van der Waals surface area contributed by atoms with Crippen LogP contribution in [0.5, 0.6) is 0 Å². The molecule has 6 nitrogen and oxygen atoms in total. The first-order chi connectivity index (χ1) is 11.1. The van der Waals surface area contributed by atoms with Gasteiger partial charge in [0.05, 0.1) is 12.0 Å². The molecule has 1 amide bonds. The Kier molecular flexibility index (Phi) is 7.05. The highest BCUT2D eigenvalue weighted by molar-refractivity contribution is 6.29. The fourth-order valence-corrected chi connectivity index (χ4v) is 2.72. The average molecular weight is 341 g/mol. The van der Waals surface area contributed by atoms with Crippen LogP contribution in [0, 0.1) is 5.92 Å². The van der Waals surface area contributed by atoms with Gasteiger partial charge in [-0.25, -0.2) is 0 Å². The molecule has 2 heterocycles. The maximum atomic E-state index is 12.3. The van der Waals surface area contributed by atoms with Crippen molar-refractivity contribution in [3.8, 4) is 0 Å². The summed E-state index contributed by atoms with van der Waals surface area (Å²) in [6.07, 6.45) is 2.95. The minimum atomic E-state index is -0.00718. The van der Waals surface area contributed by atoms with E-state index in [-0.39, 0.29) is 17.9 Å². The van der Waals surface area contributed by atoms with E-state index in [0.29, 0.717) is 24.8 Å². The summed E-state index contributed by atoms with van der Waals surface area (Å²) in [5.41, 5.74) is 0. The first-order valence-corrected chi connectivity index (χ1v) is 8.57. The Hall–Kier alpha value is -1.40. The Morgan fingerprint density at radius 3 is 3.00 bits per heavy atom. The summed E-state index contributed by atoms with van der Waals surface area (Å²) in [5.74, 6) is 0.880. The van der Waals surface area contributed by atoms with Gasteiger partial charge in [-0.1, -0.05) is 11.6 Å². The molecule has 1 aliphatic rings. The van der Waals surface area contributed by atoms with Crippen LogP contribution in [0.3, 0.4) is 0 Å². The largest absolute Gasteiger partial charge is 0.379 e. The summed E-state index contributed by atoms with van der Waals surface area (Å²) in [5, 5.41) is 11.3. The van der Waals surface area contributed by atoms with Crippen LogP contribution in [0.2, 0.25) is 5.15 Å². The third-order valence-corrected chi connectivity index (χ3v) is 4.01. The molecule has 0 saturated carbocycles. The fraction of sp³-hybridized carbons (Fsp3) is 0.688. The van der Waals surface area contributed by atoms with Gasteiger partial charge in [0.25, 0.3) is 0 Å². The predicted molar refractivity (Wildman–Crippen MR) is 90.7 cm³/mol. The first kappa shape index (κ1) is 17.9. The summed E-state index contributed by atoms with van der Waals surface area (Å²) in [4.78, 5) is 14.4. The molecule has 23 heavy (non-hydrogen) atoms. The number of amides is 1. The van der Waals surface area contributed by atoms with Crippen LogP contribution in [0.25, 0.3) is 0 Å². The van der Waals surface area contributed by atoms with Crippen molar-refractivity contribution < 1.29 is 9.53 Å². The summed E-state index contributed by atoms with van der Waals surface area (Å²) >= 11 is 5.77. The second-order valence-electron chi connectivity index (χ2n) is 6.06. The summed E-state index contributed by atoms with van der Waals surface area (Å²) < 4.78 is 5.47. The lowest BCUT2D eigenvalue weighted by molar-refractivity contribution is -0.125. The monoisotopic (exact) mass is 340 g/mol. The van der Waals surface area contributed by atoms with E-state index in [1.54, 1.807) is 6.07 Å². The molecule has 0 bridgehead atoms. The predicted octanol–water partition coefficient (Wildman–Crippen LogP) is 2.28. The third-order valence-electron chi connectivity index (χ3n) is 3.81. The van der Waals surface area contributed by atoms with Crippen molar-refractivity contribution in [1.82, 2.24) is 15.5 Å². The lowest BCUT2D eigenvalue weighted by atomic mass is 9.97. The molecule has 2 rings (SSSR count). The molecule has 7 heteroatoms. The van der Waals surface area contributed by atoms with E-state index in [4.69, 9.17) is 16.3 Å². The van der Waals surface area contributed by atoms with Gasteiger partial charge >= 0.3 is 0 Å². The summed E-state index contributed by atoms with van der Waals surface area (Å²) in [7, 11) is 0.